The average molecular weight is 363 g/mol. The maximum Gasteiger partial charge on any atom is 0.246 e. The van der Waals surface area contributed by atoms with Crippen LogP contribution in [-0.2, 0) is 14.8 Å². The third-order valence-corrected chi connectivity index (χ3v) is 5.37. The van der Waals surface area contributed by atoms with E-state index in [0.29, 0.717) is 41.8 Å². The zero-order valence-electron chi connectivity index (χ0n) is 12.0. The zero-order chi connectivity index (χ0) is 16.3. The minimum Gasteiger partial charge on any atom is -0.337 e. The van der Waals surface area contributed by atoms with Crippen molar-refractivity contribution >= 4 is 45.2 Å². The smallest absolute Gasteiger partial charge is 0.246 e. The second kappa shape index (κ2) is 7.00. The minimum absolute atomic E-state index is 0.191. The van der Waals surface area contributed by atoms with Crippen molar-refractivity contribution in [3.05, 3.63) is 39.9 Å². The zero-order valence-corrected chi connectivity index (χ0v) is 14.3. The highest BCUT2D eigenvalue weighted by Gasteiger charge is 2.24. The normalized spacial score (nSPS) is 17.1. The van der Waals surface area contributed by atoms with Gasteiger partial charge in [0.25, 0.3) is 0 Å². The van der Waals surface area contributed by atoms with Gasteiger partial charge in [0, 0.05) is 47.9 Å². The molecule has 120 valence electrons. The highest BCUT2D eigenvalue weighted by atomic mass is 35.5. The van der Waals surface area contributed by atoms with Crippen molar-refractivity contribution in [1.29, 1.82) is 0 Å². The Morgan fingerprint density at radius 2 is 1.68 bits per heavy atom. The molecule has 1 aromatic rings. The molecule has 0 aliphatic carbocycles. The first-order valence-electron chi connectivity index (χ1n) is 6.65. The van der Waals surface area contributed by atoms with E-state index in [4.69, 9.17) is 23.2 Å². The molecule has 1 amide bonds. The standard InChI is InChI=1S/C14H16Cl2N2O3S/c1-22(20,21)18-9-7-17(8-10-18)14(19)6-5-11-12(15)3-2-4-13(11)16/h2-6H,7-10H2,1H3/b6-5+. The van der Waals surface area contributed by atoms with Crippen LogP contribution in [0, 0.1) is 0 Å². The molecule has 0 radical (unpaired) electrons. The Morgan fingerprint density at radius 3 is 2.18 bits per heavy atom. The number of nitrogens with zero attached hydrogens (tertiary/aromatic N) is 2. The molecule has 1 heterocycles. The number of halogens is 2. The van der Waals surface area contributed by atoms with Crippen LogP contribution in [0.3, 0.4) is 0 Å². The van der Waals surface area contributed by atoms with E-state index in [0.717, 1.165) is 0 Å². The Bertz CT molecular complexity index is 676. The van der Waals surface area contributed by atoms with Crippen LogP contribution in [0.15, 0.2) is 24.3 Å². The van der Waals surface area contributed by atoms with E-state index in [2.05, 4.69) is 0 Å². The molecule has 0 bridgehead atoms. The molecule has 1 fully saturated rings. The van der Waals surface area contributed by atoms with E-state index >= 15 is 0 Å². The molecular formula is C14H16Cl2N2O3S. The Morgan fingerprint density at radius 1 is 1.14 bits per heavy atom. The molecule has 1 aliphatic rings. The molecule has 5 nitrogen and oxygen atoms in total. The quantitative estimate of drug-likeness (QED) is 0.773. The summed E-state index contributed by atoms with van der Waals surface area (Å²) < 4.78 is 24.2. The average Bonchev–Trinajstić information content (AvgIpc) is 2.46. The third-order valence-electron chi connectivity index (χ3n) is 3.41. The van der Waals surface area contributed by atoms with Crippen molar-refractivity contribution in [3.8, 4) is 0 Å². The van der Waals surface area contributed by atoms with Crippen molar-refractivity contribution in [2.24, 2.45) is 0 Å². The van der Waals surface area contributed by atoms with Gasteiger partial charge in [-0.3, -0.25) is 4.79 Å². The van der Waals surface area contributed by atoms with E-state index in [9.17, 15) is 13.2 Å². The van der Waals surface area contributed by atoms with Crippen molar-refractivity contribution in [1.82, 2.24) is 9.21 Å². The van der Waals surface area contributed by atoms with Crippen LogP contribution in [0.5, 0.6) is 0 Å². The molecule has 1 saturated heterocycles. The number of hydrogen-bond acceptors (Lipinski definition) is 3. The summed E-state index contributed by atoms with van der Waals surface area (Å²) in [5.74, 6) is -0.191. The van der Waals surface area contributed by atoms with Gasteiger partial charge in [0.1, 0.15) is 0 Å². The number of amides is 1. The molecule has 0 atom stereocenters. The molecular weight excluding hydrogens is 347 g/mol. The SMILES string of the molecule is CS(=O)(=O)N1CCN(C(=O)/C=C/c2c(Cl)cccc2Cl)CC1. The summed E-state index contributed by atoms with van der Waals surface area (Å²) in [6, 6.07) is 5.12. The predicted octanol–water partition coefficient (Wildman–Crippen LogP) is 2.11. The number of piperazine rings is 1. The number of benzene rings is 1. The monoisotopic (exact) mass is 362 g/mol. The number of carbonyl (C=O) groups is 1. The van der Waals surface area contributed by atoms with E-state index in [1.807, 2.05) is 0 Å². The Balaban J connectivity index is 2.01. The van der Waals surface area contributed by atoms with Crippen molar-refractivity contribution in [2.45, 2.75) is 0 Å². The first kappa shape index (κ1) is 17.3. The molecule has 2 rings (SSSR count). The fourth-order valence-electron chi connectivity index (χ4n) is 2.17. The van der Waals surface area contributed by atoms with Gasteiger partial charge in [0.15, 0.2) is 0 Å². The van der Waals surface area contributed by atoms with Crippen LogP contribution in [0.2, 0.25) is 10.0 Å². The highest BCUT2D eigenvalue weighted by Crippen LogP contribution is 2.25. The summed E-state index contributed by atoms with van der Waals surface area (Å²) in [5, 5.41) is 0.942. The van der Waals surface area contributed by atoms with Crippen LogP contribution in [0.4, 0.5) is 0 Å². The second-order valence-corrected chi connectivity index (χ2v) is 7.75. The first-order valence-corrected chi connectivity index (χ1v) is 9.25. The Hall–Kier alpha value is -1.08. The summed E-state index contributed by atoms with van der Waals surface area (Å²) >= 11 is 12.1. The molecule has 0 saturated carbocycles. The molecule has 8 heteroatoms. The maximum atomic E-state index is 12.1. The fourth-order valence-corrected chi connectivity index (χ4v) is 3.52. The van der Waals surface area contributed by atoms with Gasteiger partial charge in [0.05, 0.1) is 6.26 Å². The molecule has 0 N–H and O–H groups in total. The van der Waals surface area contributed by atoms with Crippen LogP contribution < -0.4 is 0 Å². The first-order chi connectivity index (χ1) is 10.3. The van der Waals surface area contributed by atoms with E-state index < -0.39 is 10.0 Å². The topological polar surface area (TPSA) is 57.7 Å². The Kier molecular flexibility index (Phi) is 5.50. The van der Waals surface area contributed by atoms with Gasteiger partial charge >= 0.3 is 0 Å². The molecule has 1 aliphatic heterocycles. The number of rotatable bonds is 3. The molecule has 0 spiro atoms. The van der Waals surface area contributed by atoms with Crippen molar-refractivity contribution in [3.63, 3.8) is 0 Å². The van der Waals surface area contributed by atoms with Crippen molar-refractivity contribution < 1.29 is 13.2 Å². The largest absolute Gasteiger partial charge is 0.337 e. The molecule has 1 aromatic carbocycles. The van der Waals surface area contributed by atoms with Gasteiger partial charge in [-0.05, 0) is 18.2 Å². The third kappa shape index (κ3) is 4.23. The van der Waals surface area contributed by atoms with Gasteiger partial charge in [-0.15, -0.1) is 0 Å². The van der Waals surface area contributed by atoms with Gasteiger partial charge in [0.2, 0.25) is 15.9 Å². The van der Waals surface area contributed by atoms with E-state index in [-0.39, 0.29) is 5.91 Å². The minimum atomic E-state index is -3.20. The lowest BCUT2D eigenvalue weighted by molar-refractivity contribution is -0.127. The van der Waals surface area contributed by atoms with Gasteiger partial charge in [-0.1, -0.05) is 29.3 Å². The van der Waals surface area contributed by atoms with Gasteiger partial charge in [-0.25, -0.2) is 8.42 Å². The highest BCUT2D eigenvalue weighted by molar-refractivity contribution is 7.88. The lowest BCUT2D eigenvalue weighted by atomic mass is 10.2. The number of hydrogen-bond donors (Lipinski definition) is 0. The van der Waals surface area contributed by atoms with Gasteiger partial charge < -0.3 is 4.90 Å². The molecule has 0 aromatic heterocycles. The van der Waals surface area contributed by atoms with Crippen LogP contribution in [0.1, 0.15) is 5.56 Å². The maximum absolute atomic E-state index is 12.1. The molecule has 22 heavy (non-hydrogen) atoms. The van der Waals surface area contributed by atoms with Crippen LogP contribution >= 0.6 is 23.2 Å². The lowest BCUT2D eigenvalue weighted by Gasteiger charge is -2.32. The summed E-state index contributed by atoms with van der Waals surface area (Å²) in [5.41, 5.74) is 0.592. The summed E-state index contributed by atoms with van der Waals surface area (Å²) in [6.07, 6.45) is 4.16. The number of sulfonamides is 1. The van der Waals surface area contributed by atoms with Gasteiger partial charge in [-0.2, -0.15) is 4.31 Å². The summed E-state index contributed by atoms with van der Waals surface area (Å²) in [4.78, 5) is 13.7. The van der Waals surface area contributed by atoms with Crippen LogP contribution in [0.25, 0.3) is 6.08 Å². The predicted molar refractivity (Wildman–Crippen MR) is 88.5 cm³/mol. The van der Waals surface area contributed by atoms with E-state index in [1.54, 1.807) is 29.2 Å². The number of carbonyl (C=O) groups excluding carboxylic acids is 1. The second-order valence-electron chi connectivity index (χ2n) is 4.96. The van der Waals surface area contributed by atoms with E-state index in [1.165, 1.54) is 16.6 Å². The lowest BCUT2D eigenvalue weighted by Crippen LogP contribution is -2.49. The van der Waals surface area contributed by atoms with Crippen LogP contribution in [-0.4, -0.2) is 56.0 Å². The Labute approximate surface area is 140 Å². The fraction of sp³-hybridized carbons (Fsp3) is 0.357. The summed E-state index contributed by atoms with van der Waals surface area (Å²) in [6.45, 7) is 1.36. The molecule has 0 unspecified atom stereocenters. The summed E-state index contributed by atoms with van der Waals surface area (Å²) in [7, 11) is -3.20. The van der Waals surface area contributed by atoms with Crippen molar-refractivity contribution in [2.75, 3.05) is 32.4 Å².